The number of aliphatic hydroxyl groups is 2. The van der Waals surface area contributed by atoms with Crippen molar-refractivity contribution in [2.45, 2.75) is 52.4 Å². The van der Waals surface area contributed by atoms with Crippen LogP contribution in [0.5, 0.6) is 0 Å². The van der Waals surface area contributed by atoms with Crippen LogP contribution < -0.4 is 5.32 Å². The standard InChI is InChI=1S/C13H21N3O2/c1-7-8(2)14-12(13(17)18)16-11(7)15-9(3)10-5-4-6-10/h9-10,13,17-18H,4-6H2,1-3H3,(H,14,15,16)/t9-/m1/s1. The molecule has 1 heterocycles. The Labute approximate surface area is 107 Å². The molecular weight excluding hydrogens is 230 g/mol. The number of aromatic nitrogens is 2. The van der Waals surface area contributed by atoms with Crippen LogP contribution >= 0.6 is 0 Å². The lowest BCUT2D eigenvalue weighted by Crippen LogP contribution is -2.31. The number of hydrogen-bond donors (Lipinski definition) is 3. The van der Waals surface area contributed by atoms with Crippen LogP contribution in [0.2, 0.25) is 0 Å². The van der Waals surface area contributed by atoms with Crippen LogP contribution in [0.1, 0.15) is 49.6 Å². The molecule has 1 aliphatic rings. The molecule has 5 heteroatoms. The molecule has 0 aliphatic heterocycles. The molecule has 0 aromatic carbocycles. The summed E-state index contributed by atoms with van der Waals surface area (Å²) in [5, 5.41) is 21.7. The third kappa shape index (κ3) is 2.62. The molecular formula is C13H21N3O2. The lowest BCUT2D eigenvalue weighted by Gasteiger charge is -2.32. The summed E-state index contributed by atoms with van der Waals surface area (Å²) in [4.78, 5) is 8.26. The molecule has 2 rings (SSSR count). The number of hydrogen-bond acceptors (Lipinski definition) is 5. The second kappa shape index (κ2) is 5.20. The van der Waals surface area contributed by atoms with Gasteiger partial charge in [0.2, 0.25) is 6.29 Å². The number of rotatable bonds is 4. The SMILES string of the molecule is Cc1nc(C(O)O)nc(N[C@H](C)C2CCC2)c1C. The highest BCUT2D eigenvalue weighted by Crippen LogP contribution is 2.31. The smallest absolute Gasteiger partial charge is 0.214 e. The first-order chi connectivity index (χ1) is 8.49. The molecule has 5 nitrogen and oxygen atoms in total. The van der Waals surface area contributed by atoms with Crippen LogP contribution in [-0.4, -0.2) is 26.2 Å². The number of anilines is 1. The van der Waals surface area contributed by atoms with E-state index in [1.807, 2.05) is 13.8 Å². The van der Waals surface area contributed by atoms with Crippen LogP contribution in [0.25, 0.3) is 0 Å². The maximum absolute atomic E-state index is 9.17. The molecule has 1 fully saturated rings. The van der Waals surface area contributed by atoms with Crippen LogP contribution in [-0.2, 0) is 0 Å². The van der Waals surface area contributed by atoms with Gasteiger partial charge in [-0.1, -0.05) is 6.42 Å². The summed E-state index contributed by atoms with van der Waals surface area (Å²) >= 11 is 0. The number of nitrogens with zero attached hydrogens (tertiary/aromatic N) is 2. The minimum Gasteiger partial charge on any atom is -0.367 e. The molecule has 100 valence electrons. The Balaban J connectivity index is 2.19. The van der Waals surface area contributed by atoms with Gasteiger partial charge >= 0.3 is 0 Å². The van der Waals surface area contributed by atoms with Gasteiger partial charge in [-0.15, -0.1) is 0 Å². The van der Waals surface area contributed by atoms with Crippen molar-refractivity contribution >= 4 is 5.82 Å². The van der Waals surface area contributed by atoms with Crippen molar-refractivity contribution in [1.29, 1.82) is 0 Å². The van der Waals surface area contributed by atoms with Crippen LogP contribution in [0, 0.1) is 19.8 Å². The first-order valence-corrected chi connectivity index (χ1v) is 6.47. The summed E-state index contributed by atoms with van der Waals surface area (Å²) in [6.07, 6.45) is 2.20. The van der Waals surface area contributed by atoms with Crippen molar-refractivity contribution in [1.82, 2.24) is 9.97 Å². The second-order valence-electron chi connectivity index (χ2n) is 5.14. The Morgan fingerprint density at radius 2 is 1.89 bits per heavy atom. The molecule has 0 bridgehead atoms. The number of aliphatic hydroxyl groups excluding tert-OH is 1. The Kier molecular flexibility index (Phi) is 3.82. The fourth-order valence-electron chi connectivity index (χ4n) is 2.18. The largest absolute Gasteiger partial charge is 0.367 e. The van der Waals surface area contributed by atoms with Gasteiger partial charge in [0.25, 0.3) is 0 Å². The van der Waals surface area contributed by atoms with Crippen molar-refractivity contribution in [3.8, 4) is 0 Å². The predicted molar refractivity (Wildman–Crippen MR) is 69.1 cm³/mol. The van der Waals surface area contributed by atoms with Gasteiger partial charge in [-0.3, -0.25) is 0 Å². The first kappa shape index (κ1) is 13.2. The molecule has 1 aromatic heterocycles. The van der Waals surface area contributed by atoms with E-state index in [-0.39, 0.29) is 5.82 Å². The molecule has 0 spiro atoms. The number of nitrogens with one attached hydrogen (secondary N) is 1. The van der Waals surface area contributed by atoms with Crippen molar-refractivity contribution in [3.05, 3.63) is 17.1 Å². The minimum atomic E-state index is -1.62. The van der Waals surface area contributed by atoms with Crippen LogP contribution in [0.4, 0.5) is 5.82 Å². The molecule has 1 saturated carbocycles. The van der Waals surface area contributed by atoms with E-state index in [2.05, 4.69) is 22.2 Å². The molecule has 1 aromatic rings. The van der Waals surface area contributed by atoms with E-state index in [0.29, 0.717) is 17.8 Å². The molecule has 1 aliphatic carbocycles. The zero-order chi connectivity index (χ0) is 13.3. The maximum atomic E-state index is 9.17. The Hall–Kier alpha value is -1.20. The highest BCUT2D eigenvalue weighted by molar-refractivity contribution is 5.46. The summed E-state index contributed by atoms with van der Waals surface area (Å²) in [5.74, 6) is 1.47. The van der Waals surface area contributed by atoms with Gasteiger partial charge in [0.05, 0.1) is 0 Å². The Morgan fingerprint density at radius 1 is 1.22 bits per heavy atom. The normalized spacial score (nSPS) is 17.7. The lowest BCUT2D eigenvalue weighted by atomic mass is 9.80. The number of aryl methyl sites for hydroxylation is 1. The van der Waals surface area contributed by atoms with Gasteiger partial charge in [0.15, 0.2) is 5.82 Å². The van der Waals surface area contributed by atoms with E-state index in [1.54, 1.807) is 0 Å². The second-order valence-corrected chi connectivity index (χ2v) is 5.14. The fourth-order valence-corrected chi connectivity index (χ4v) is 2.18. The van der Waals surface area contributed by atoms with E-state index >= 15 is 0 Å². The maximum Gasteiger partial charge on any atom is 0.214 e. The summed E-state index contributed by atoms with van der Waals surface area (Å²) in [7, 11) is 0. The summed E-state index contributed by atoms with van der Waals surface area (Å²) in [6.45, 7) is 5.94. The zero-order valence-corrected chi connectivity index (χ0v) is 11.1. The molecule has 0 saturated heterocycles. The van der Waals surface area contributed by atoms with Gasteiger partial charge in [-0.25, -0.2) is 9.97 Å². The average molecular weight is 251 g/mol. The third-order valence-corrected chi connectivity index (χ3v) is 3.86. The van der Waals surface area contributed by atoms with E-state index in [9.17, 15) is 0 Å². The van der Waals surface area contributed by atoms with Crippen molar-refractivity contribution in [2.75, 3.05) is 5.32 Å². The van der Waals surface area contributed by atoms with Crippen molar-refractivity contribution in [2.24, 2.45) is 5.92 Å². The summed E-state index contributed by atoms with van der Waals surface area (Å²) in [6, 6.07) is 0.357. The lowest BCUT2D eigenvalue weighted by molar-refractivity contribution is -0.0494. The van der Waals surface area contributed by atoms with Gasteiger partial charge in [0.1, 0.15) is 5.82 Å². The van der Waals surface area contributed by atoms with Gasteiger partial charge in [-0.05, 0) is 39.5 Å². The quantitative estimate of drug-likeness (QED) is 0.710. The molecule has 0 radical (unpaired) electrons. The van der Waals surface area contributed by atoms with Crippen molar-refractivity contribution < 1.29 is 10.2 Å². The van der Waals surface area contributed by atoms with Gasteiger partial charge in [0, 0.05) is 17.3 Å². The van der Waals surface area contributed by atoms with E-state index in [4.69, 9.17) is 10.2 Å². The highest BCUT2D eigenvalue weighted by atomic mass is 16.5. The minimum absolute atomic E-state index is 0.0569. The Bertz CT molecular complexity index is 430. The molecule has 3 N–H and O–H groups in total. The monoisotopic (exact) mass is 251 g/mol. The first-order valence-electron chi connectivity index (χ1n) is 6.47. The summed E-state index contributed by atoms with van der Waals surface area (Å²) in [5.41, 5.74) is 1.74. The predicted octanol–water partition coefficient (Wildman–Crippen LogP) is 1.68. The third-order valence-electron chi connectivity index (χ3n) is 3.86. The van der Waals surface area contributed by atoms with Gasteiger partial charge in [-0.2, -0.15) is 0 Å². The zero-order valence-electron chi connectivity index (χ0n) is 11.1. The van der Waals surface area contributed by atoms with Gasteiger partial charge < -0.3 is 15.5 Å². The molecule has 18 heavy (non-hydrogen) atoms. The van der Waals surface area contributed by atoms with E-state index in [1.165, 1.54) is 19.3 Å². The van der Waals surface area contributed by atoms with Crippen molar-refractivity contribution in [3.63, 3.8) is 0 Å². The molecule has 0 amide bonds. The highest BCUT2D eigenvalue weighted by Gasteiger charge is 2.25. The Morgan fingerprint density at radius 3 is 2.39 bits per heavy atom. The van der Waals surface area contributed by atoms with E-state index in [0.717, 1.165) is 11.3 Å². The fraction of sp³-hybridized carbons (Fsp3) is 0.692. The molecule has 1 atom stereocenters. The van der Waals surface area contributed by atoms with Crippen LogP contribution in [0.3, 0.4) is 0 Å². The topological polar surface area (TPSA) is 78.3 Å². The molecule has 0 unspecified atom stereocenters. The average Bonchev–Trinajstić information content (AvgIpc) is 2.21. The van der Waals surface area contributed by atoms with Crippen LogP contribution in [0.15, 0.2) is 0 Å². The van der Waals surface area contributed by atoms with E-state index < -0.39 is 6.29 Å². The summed E-state index contributed by atoms with van der Waals surface area (Å²) < 4.78 is 0.